The van der Waals surface area contributed by atoms with E-state index in [-0.39, 0.29) is 33.6 Å². The molecular formula is C28H23Cl2N3O6S. The largest absolute Gasteiger partial charge is 0.493 e. The van der Waals surface area contributed by atoms with Crippen LogP contribution in [0.25, 0.3) is 17.5 Å². The van der Waals surface area contributed by atoms with Gasteiger partial charge >= 0.3 is 11.9 Å². The molecule has 0 spiro atoms. The fourth-order valence-corrected chi connectivity index (χ4v) is 5.05. The molecule has 4 aromatic rings. The molecular weight excluding hydrogens is 577 g/mol. The summed E-state index contributed by atoms with van der Waals surface area (Å²) in [6.45, 7) is 2.48. The van der Waals surface area contributed by atoms with E-state index < -0.39 is 11.9 Å². The minimum Gasteiger partial charge on any atom is -0.493 e. The first-order valence-corrected chi connectivity index (χ1v) is 13.4. The molecule has 0 aliphatic rings. The molecule has 0 bridgehead atoms. The van der Waals surface area contributed by atoms with E-state index in [9.17, 15) is 19.8 Å². The zero-order chi connectivity index (χ0) is 28.8. The Morgan fingerprint density at radius 2 is 1.80 bits per heavy atom. The second kappa shape index (κ2) is 12.9. The molecule has 12 heteroatoms. The lowest BCUT2D eigenvalue weighted by Gasteiger charge is -2.14. The smallest absolute Gasteiger partial charge is 0.342 e. The van der Waals surface area contributed by atoms with E-state index in [1.54, 1.807) is 36.4 Å². The summed E-state index contributed by atoms with van der Waals surface area (Å²) >= 11 is 13.5. The van der Waals surface area contributed by atoms with Gasteiger partial charge in [0.1, 0.15) is 11.5 Å². The number of aromatic carboxylic acids is 1. The maximum atomic E-state index is 12.2. The van der Waals surface area contributed by atoms with Crippen LogP contribution in [0.15, 0.2) is 70.7 Å². The highest BCUT2D eigenvalue weighted by Gasteiger charge is 2.19. The molecule has 2 N–H and O–H groups in total. The van der Waals surface area contributed by atoms with Crippen LogP contribution in [0.3, 0.4) is 0 Å². The van der Waals surface area contributed by atoms with E-state index in [1.807, 2.05) is 23.6 Å². The van der Waals surface area contributed by atoms with Crippen molar-refractivity contribution in [3.8, 4) is 22.9 Å². The lowest BCUT2D eigenvalue weighted by atomic mass is 10.1. The summed E-state index contributed by atoms with van der Waals surface area (Å²) in [6.07, 6.45) is 1.46. The number of hydrogen-bond acceptors (Lipinski definition) is 7. The number of ether oxygens (including phenoxy) is 2. The van der Waals surface area contributed by atoms with Crippen molar-refractivity contribution in [3.05, 3.63) is 92.3 Å². The molecule has 40 heavy (non-hydrogen) atoms. The zero-order valence-electron chi connectivity index (χ0n) is 21.3. The predicted octanol–water partition coefficient (Wildman–Crippen LogP) is 6.78. The molecule has 0 fully saturated rings. The van der Waals surface area contributed by atoms with Crippen molar-refractivity contribution in [2.24, 2.45) is 0 Å². The molecule has 0 radical (unpaired) electrons. The molecule has 4 rings (SSSR count). The number of rotatable bonds is 11. The summed E-state index contributed by atoms with van der Waals surface area (Å²) in [5, 5.41) is 28.8. The van der Waals surface area contributed by atoms with E-state index in [1.165, 1.54) is 25.3 Å². The molecule has 0 amide bonds. The average molecular weight is 600 g/mol. The minimum absolute atomic E-state index is 0.0120. The van der Waals surface area contributed by atoms with E-state index in [2.05, 4.69) is 10.2 Å². The Morgan fingerprint density at radius 1 is 1.05 bits per heavy atom. The van der Waals surface area contributed by atoms with Crippen LogP contribution in [0.1, 0.15) is 28.4 Å². The van der Waals surface area contributed by atoms with Crippen molar-refractivity contribution in [3.63, 3.8) is 0 Å². The van der Waals surface area contributed by atoms with Crippen LogP contribution in [0.5, 0.6) is 11.5 Å². The van der Waals surface area contributed by atoms with Crippen molar-refractivity contribution in [1.29, 1.82) is 0 Å². The first-order chi connectivity index (χ1) is 19.2. The number of carboxylic acids is 2. The second-order valence-electron chi connectivity index (χ2n) is 8.30. The molecule has 3 aromatic carbocycles. The molecule has 0 atom stereocenters. The van der Waals surface area contributed by atoms with E-state index in [0.29, 0.717) is 33.7 Å². The van der Waals surface area contributed by atoms with Gasteiger partial charge < -0.3 is 24.3 Å². The van der Waals surface area contributed by atoms with Gasteiger partial charge in [-0.1, -0.05) is 35.3 Å². The van der Waals surface area contributed by atoms with Crippen LogP contribution in [0.4, 0.5) is 0 Å². The van der Waals surface area contributed by atoms with Gasteiger partial charge in [0.15, 0.2) is 22.5 Å². The van der Waals surface area contributed by atoms with Crippen LogP contribution >= 0.6 is 35.0 Å². The number of carbonyl (C=O) groups is 2. The van der Waals surface area contributed by atoms with Gasteiger partial charge in [0.25, 0.3) is 0 Å². The summed E-state index contributed by atoms with van der Waals surface area (Å²) < 4.78 is 13.1. The summed E-state index contributed by atoms with van der Waals surface area (Å²) in [7, 11) is 1.44. The topological polar surface area (TPSA) is 124 Å². The summed E-state index contributed by atoms with van der Waals surface area (Å²) in [6, 6.07) is 16.6. The molecule has 1 heterocycles. The molecule has 0 saturated heterocycles. The first kappa shape index (κ1) is 29.0. The Hall–Kier alpha value is -3.99. The Balaban J connectivity index is 1.60. The number of hydrogen-bond donors (Lipinski definition) is 2. The lowest BCUT2D eigenvalue weighted by molar-refractivity contribution is -0.131. The lowest BCUT2D eigenvalue weighted by Crippen LogP contribution is -2.03. The van der Waals surface area contributed by atoms with Gasteiger partial charge in [-0.25, -0.2) is 9.59 Å². The normalized spacial score (nSPS) is 11.3. The van der Waals surface area contributed by atoms with Crippen LogP contribution < -0.4 is 9.47 Å². The number of nitrogens with zero attached hydrogens (tertiary/aromatic N) is 3. The van der Waals surface area contributed by atoms with Crippen LogP contribution in [0.2, 0.25) is 10.0 Å². The molecule has 1 aromatic heterocycles. The number of methoxy groups -OCH3 is 1. The third-order valence-corrected chi connectivity index (χ3v) is 7.18. The third kappa shape index (κ3) is 6.77. The highest BCUT2D eigenvalue weighted by atomic mass is 35.5. The number of benzene rings is 3. The van der Waals surface area contributed by atoms with Crippen LogP contribution in [-0.4, -0.2) is 44.0 Å². The molecule has 0 aliphatic carbocycles. The van der Waals surface area contributed by atoms with Crippen LogP contribution in [-0.2, 0) is 17.9 Å². The monoisotopic (exact) mass is 599 g/mol. The van der Waals surface area contributed by atoms with Gasteiger partial charge in [-0.2, -0.15) is 0 Å². The number of carboxylic acid groups (broad SMARTS) is 2. The SMILES string of the molecule is CCn1c(S/C(=C\c2cc(Cl)c(OCc3cccc(C(=O)O)c3)c(OC)c2)C(=O)O)nnc1-c1ccc(Cl)cc1. The third-order valence-electron chi connectivity index (χ3n) is 5.65. The number of thioether (sulfide) groups is 1. The fraction of sp³-hybridized carbons (Fsp3) is 0.143. The number of aliphatic carboxylic acids is 1. The summed E-state index contributed by atoms with van der Waals surface area (Å²) in [5.74, 6) is -1.09. The Labute approximate surface area is 244 Å². The Bertz CT molecular complexity index is 1590. The first-order valence-electron chi connectivity index (χ1n) is 11.8. The van der Waals surface area contributed by atoms with Crippen molar-refractivity contribution in [2.75, 3.05) is 7.11 Å². The molecule has 0 unspecified atom stereocenters. The standard InChI is InChI=1S/C28H23Cl2N3O6S/c1-3-33-25(18-7-9-20(29)10-8-18)31-32-28(33)40-23(27(36)37)14-17-12-21(30)24(22(13-17)38-2)39-15-16-5-4-6-19(11-16)26(34)35/h4-14H,3,15H2,1-2H3,(H,34,35)(H,36,37)/b23-14-. The molecule has 206 valence electrons. The second-order valence-corrected chi connectivity index (χ2v) is 10.2. The highest BCUT2D eigenvalue weighted by Crippen LogP contribution is 2.39. The van der Waals surface area contributed by atoms with Crippen molar-refractivity contribution >= 4 is 53.0 Å². The summed E-state index contributed by atoms with van der Waals surface area (Å²) in [4.78, 5) is 23.4. The van der Waals surface area contributed by atoms with Crippen molar-refractivity contribution < 1.29 is 29.3 Å². The Kier molecular flexibility index (Phi) is 9.36. The maximum Gasteiger partial charge on any atom is 0.342 e. The van der Waals surface area contributed by atoms with Gasteiger partial charge in [0.2, 0.25) is 0 Å². The highest BCUT2D eigenvalue weighted by molar-refractivity contribution is 8.04. The van der Waals surface area contributed by atoms with Gasteiger partial charge in [-0.3, -0.25) is 0 Å². The zero-order valence-corrected chi connectivity index (χ0v) is 23.6. The summed E-state index contributed by atoms with van der Waals surface area (Å²) in [5.41, 5.74) is 2.03. The van der Waals surface area contributed by atoms with Crippen LogP contribution in [0, 0.1) is 0 Å². The molecule has 0 aliphatic heterocycles. The maximum absolute atomic E-state index is 12.2. The predicted molar refractivity (Wildman–Crippen MR) is 153 cm³/mol. The minimum atomic E-state index is -1.16. The Morgan fingerprint density at radius 3 is 2.45 bits per heavy atom. The average Bonchev–Trinajstić information content (AvgIpc) is 3.34. The van der Waals surface area contributed by atoms with E-state index in [0.717, 1.165) is 17.3 Å². The fourth-order valence-electron chi connectivity index (χ4n) is 3.76. The molecule has 0 saturated carbocycles. The number of halogens is 2. The number of aromatic nitrogens is 3. The van der Waals surface area contributed by atoms with Gasteiger partial charge in [-0.05, 0) is 84.4 Å². The van der Waals surface area contributed by atoms with E-state index >= 15 is 0 Å². The van der Waals surface area contributed by atoms with Crippen molar-refractivity contribution in [2.45, 2.75) is 25.2 Å². The van der Waals surface area contributed by atoms with Gasteiger partial charge in [0.05, 0.1) is 17.7 Å². The van der Waals surface area contributed by atoms with E-state index in [4.69, 9.17) is 32.7 Å². The molecule has 9 nitrogen and oxygen atoms in total. The van der Waals surface area contributed by atoms with Gasteiger partial charge in [0, 0.05) is 17.1 Å². The van der Waals surface area contributed by atoms with Crippen molar-refractivity contribution in [1.82, 2.24) is 14.8 Å². The van der Waals surface area contributed by atoms with Gasteiger partial charge in [-0.15, -0.1) is 10.2 Å². The quantitative estimate of drug-likeness (QED) is 0.142.